The Balaban J connectivity index is 2.40. The molecular weight excluding hydrogens is 400 g/mol. The van der Waals surface area contributed by atoms with Gasteiger partial charge in [-0.25, -0.2) is 4.79 Å². The number of carbonyl (C=O) groups is 4. The Morgan fingerprint density at radius 3 is 1.61 bits per heavy atom. The van der Waals surface area contributed by atoms with Crippen LogP contribution in [0.25, 0.3) is 0 Å². The maximum absolute atomic E-state index is 13.0. The molecule has 2 aromatic rings. The summed E-state index contributed by atoms with van der Waals surface area (Å²) < 4.78 is 10.1. The molecule has 2 aromatic carbocycles. The molecule has 31 heavy (non-hydrogen) atoms. The molecular formula is C23H26N2O6. The van der Waals surface area contributed by atoms with Gasteiger partial charge in [-0.05, 0) is 38.1 Å². The van der Waals surface area contributed by atoms with Gasteiger partial charge in [0.1, 0.15) is 0 Å². The summed E-state index contributed by atoms with van der Waals surface area (Å²) in [7, 11) is 0. The Morgan fingerprint density at radius 2 is 1.19 bits per heavy atom. The quantitative estimate of drug-likeness (QED) is 0.446. The molecule has 0 saturated heterocycles. The molecule has 8 heteroatoms. The number of amides is 2. The average Bonchev–Trinajstić information content (AvgIpc) is 2.79. The molecule has 0 aromatic heterocycles. The maximum Gasteiger partial charge on any atom is 0.353 e. The number of ether oxygens (including phenoxy) is 2. The second-order valence-corrected chi connectivity index (χ2v) is 6.57. The maximum atomic E-state index is 13.0. The van der Waals surface area contributed by atoms with Crippen molar-refractivity contribution in [2.24, 2.45) is 0 Å². The Hall–Kier alpha value is -3.68. The number of hydrogen-bond acceptors (Lipinski definition) is 6. The summed E-state index contributed by atoms with van der Waals surface area (Å²) in [4.78, 5) is 50.7. The summed E-state index contributed by atoms with van der Waals surface area (Å²) in [6.07, 6.45) is -0.474. The third kappa shape index (κ3) is 6.67. The van der Waals surface area contributed by atoms with Crippen molar-refractivity contribution in [2.75, 3.05) is 13.2 Å². The van der Waals surface area contributed by atoms with Crippen molar-refractivity contribution in [3.05, 3.63) is 71.8 Å². The lowest BCUT2D eigenvalue weighted by Crippen LogP contribution is -2.66. The summed E-state index contributed by atoms with van der Waals surface area (Å²) in [6.45, 7) is 3.44. The van der Waals surface area contributed by atoms with Crippen molar-refractivity contribution in [1.82, 2.24) is 10.6 Å². The van der Waals surface area contributed by atoms with Crippen LogP contribution < -0.4 is 10.6 Å². The first kappa shape index (κ1) is 23.6. The SMILES string of the molecule is CCOC(=O)CCC(NC(=O)c1ccccc1)(NC(=O)c1ccccc1)C(=O)OCC. The number of hydrogen-bond donors (Lipinski definition) is 2. The van der Waals surface area contributed by atoms with Gasteiger partial charge in [-0.15, -0.1) is 0 Å². The van der Waals surface area contributed by atoms with Gasteiger partial charge in [0.15, 0.2) is 0 Å². The van der Waals surface area contributed by atoms with Crippen LogP contribution >= 0.6 is 0 Å². The molecule has 0 spiro atoms. The fourth-order valence-corrected chi connectivity index (χ4v) is 2.85. The van der Waals surface area contributed by atoms with Crippen LogP contribution in [-0.4, -0.2) is 42.6 Å². The molecule has 164 valence electrons. The minimum absolute atomic E-state index is 0.0163. The lowest BCUT2D eigenvalue weighted by Gasteiger charge is -2.33. The van der Waals surface area contributed by atoms with E-state index in [-0.39, 0.29) is 37.2 Å². The third-order valence-electron chi connectivity index (χ3n) is 4.36. The Labute approximate surface area is 180 Å². The molecule has 8 nitrogen and oxygen atoms in total. The summed E-state index contributed by atoms with van der Waals surface area (Å²) in [6, 6.07) is 16.4. The van der Waals surface area contributed by atoms with E-state index in [2.05, 4.69) is 10.6 Å². The number of esters is 2. The first-order valence-electron chi connectivity index (χ1n) is 9.99. The highest BCUT2D eigenvalue weighted by Crippen LogP contribution is 2.17. The van der Waals surface area contributed by atoms with Gasteiger partial charge in [0.25, 0.3) is 11.8 Å². The number of rotatable bonds is 10. The minimum Gasteiger partial charge on any atom is -0.466 e. The van der Waals surface area contributed by atoms with E-state index in [4.69, 9.17) is 9.47 Å². The average molecular weight is 426 g/mol. The van der Waals surface area contributed by atoms with E-state index in [0.29, 0.717) is 0 Å². The first-order valence-corrected chi connectivity index (χ1v) is 9.99. The van der Waals surface area contributed by atoms with E-state index in [0.717, 1.165) is 0 Å². The van der Waals surface area contributed by atoms with Gasteiger partial charge in [0.2, 0.25) is 5.66 Å². The van der Waals surface area contributed by atoms with Crippen LogP contribution in [-0.2, 0) is 19.1 Å². The van der Waals surface area contributed by atoms with E-state index in [1.165, 1.54) is 0 Å². The zero-order valence-corrected chi connectivity index (χ0v) is 17.6. The largest absolute Gasteiger partial charge is 0.466 e. The Morgan fingerprint density at radius 1 is 0.742 bits per heavy atom. The van der Waals surface area contributed by atoms with Gasteiger partial charge in [0, 0.05) is 17.5 Å². The lowest BCUT2D eigenvalue weighted by atomic mass is 10.0. The summed E-state index contributed by atoms with van der Waals surface area (Å²) in [5.41, 5.74) is -1.41. The van der Waals surface area contributed by atoms with Gasteiger partial charge in [-0.2, -0.15) is 0 Å². The molecule has 0 aliphatic heterocycles. The molecule has 0 heterocycles. The van der Waals surface area contributed by atoms with Crippen LogP contribution in [0.3, 0.4) is 0 Å². The van der Waals surface area contributed by atoms with Crippen molar-refractivity contribution < 1.29 is 28.7 Å². The highest BCUT2D eigenvalue weighted by atomic mass is 16.5. The van der Waals surface area contributed by atoms with Gasteiger partial charge in [0.05, 0.1) is 19.6 Å². The van der Waals surface area contributed by atoms with Crippen molar-refractivity contribution in [3.8, 4) is 0 Å². The van der Waals surface area contributed by atoms with Crippen LogP contribution in [0.1, 0.15) is 47.4 Å². The number of nitrogens with one attached hydrogen (secondary N) is 2. The zero-order valence-electron chi connectivity index (χ0n) is 17.6. The van der Waals surface area contributed by atoms with Crippen molar-refractivity contribution in [3.63, 3.8) is 0 Å². The standard InChI is InChI=1S/C23H26N2O6/c1-3-30-19(26)15-16-23(22(29)31-4-2,24-20(27)17-11-7-5-8-12-17)25-21(28)18-13-9-6-10-14-18/h5-14H,3-4,15-16H2,1-2H3,(H,24,27)(H,25,28). The van der Waals surface area contributed by atoms with E-state index in [9.17, 15) is 19.2 Å². The predicted molar refractivity (Wildman–Crippen MR) is 113 cm³/mol. The van der Waals surface area contributed by atoms with Crippen LogP contribution in [0.5, 0.6) is 0 Å². The van der Waals surface area contributed by atoms with Crippen molar-refractivity contribution in [2.45, 2.75) is 32.4 Å². The molecule has 0 unspecified atom stereocenters. The zero-order chi connectivity index (χ0) is 22.7. The number of carbonyl (C=O) groups excluding carboxylic acids is 4. The minimum atomic E-state index is -1.97. The van der Waals surface area contributed by atoms with Gasteiger partial charge in [-0.1, -0.05) is 36.4 Å². The van der Waals surface area contributed by atoms with Gasteiger partial charge >= 0.3 is 11.9 Å². The molecule has 0 saturated carbocycles. The summed E-state index contributed by atoms with van der Waals surface area (Å²) >= 11 is 0. The topological polar surface area (TPSA) is 111 Å². The van der Waals surface area contributed by atoms with Crippen LogP contribution in [0.15, 0.2) is 60.7 Å². The molecule has 2 rings (SSSR count). The molecule has 0 aliphatic rings. The van der Waals surface area contributed by atoms with Gasteiger partial charge < -0.3 is 20.1 Å². The van der Waals surface area contributed by atoms with E-state index in [1.54, 1.807) is 74.5 Å². The third-order valence-corrected chi connectivity index (χ3v) is 4.36. The molecule has 2 N–H and O–H groups in total. The monoisotopic (exact) mass is 426 g/mol. The second kappa shape index (κ2) is 11.5. The Kier molecular flexibility index (Phi) is 8.75. The van der Waals surface area contributed by atoms with E-state index < -0.39 is 29.4 Å². The highest BCUT2D eigenvalue weighted by molar-refractivity contribution is 6.02. The first-order chi connectivity index (χ1) is 14.9. The van der Waals surface area contributed by atoms with Crippen LogP contribution in [0, 0.1) is 0 Å². The molecule has 2 amide bonds. The van der Waals surface area contributed by atoms with E-state index in [1.807, 2.05) is 0 Å². The lowest BCUT2D eigenvalue weighted by molar-refractivity contribution is -0.153. The van der Waals surface area contributed by atoms with E-state index >= 15 is 0 Å². The molecule has 0 bridgehead atoms. The highest BCUT2D eigenvalue weighted by Gasteiger charge is 2.44. The predicted octanol–water partition coefficient (Wildman–Crippen LogP) is 2.45. The van der Waals surface area contributed by atoms with Crippen LogP contribution in [0.2, 0.25) is 0 Å². The summed E-state index contributed by atoms with van der Waals surface area (Å²) in [5.74, 6) is -2.66. The van der Waals surface area contributed by atoms with Crippen molar-refractivity contribution in [1.29, 1.82) is 0 Å². The molecule has 0 aliphatic carbocycles. The molecule has 0 atom stereocenters. The summed E-state index contributed by atoms with van der Waals surface area (Å²) in [5, 5.41) is 5.15. The number of benzene rings is 2. The fraction of sp³-hybridized carbons (Fsp3) is 0.304. The second-order valence-electron chi connectivity index (χ2n) is 6.57. The van der Waals surface area contributed by atoms with Gasteiger partial charge in [-0.3, -0.25) is 14.4 Å². The molecule has 0 radical (unpaired) electrons. The van der Waals surface area contributed by atoms with Crippen LogP contribution in [0.4, 0.5) is 0 Å². The Bertz CT molecular complexity index is 845. The normalized spacial score (nSPS) is 10.6. The smallest absolute Gasteiger partial charge is 0.353 e. The fourth-order valence-electron chi connectivity index (χ4n) is 2.85. The van der Waals surface area contributed by atoms with Crippen molar-refractivity contribution >= 4 is 23.8 Å². The molecule has 0 fully saturated rings.